The number of hydrogen-bond acceptors (Lipinski definition) is 3. The molecule has 1 aliphatic heterocycles. The third-order valence-corrected chi connectivity index (χ3v) is 4.00. The van der Waals surface area contributed by atoms with Gasteiger partial charge < -0.3 is 10.6 Å². The molecule has 0 saturated carbocycles. The first kappa shape index (κ1) is 15.1. The molecule has 2 rings (SSSR count). The minimum absolute atomic E-state index is 0.0260. The van der Waals surface area contributed by atoms with Crippen LogP contribution in [0, 0.1) is 0 Å². The van der Waals surface area contributed by atoms with E-state index < -0.39 is 0 Å². The molecule has 108 valence electrons. The van der Waals surface area contributed by atoms with Gasteiger partial charge in [0.25, 0.3) is 0 Å². The van der Waals surface area contributed by atoms with Gasteiger partial charge in [0.05, 0.1) is 16.6 Å². The molecule has 1 aromatic rings. The Morgan fingerprint density at radius 1 is 1.40 bits per heavy atom. The van der Waals surface area contributed by atoms with Crippen molar-refractivity contribution in [1.82, 2.24) is 15.5 Å². The van der Waals surface area contributed by atoms with Crippen LogP contribution in [0.4, 0.5) is 4.79 Å². The fourth-order valence-corrected chi connectivity index (χ4v) is 2.51. The van der Waals surface area contributed by atoms with Crippen molar-refractivity contribution in [1.29, 1.82) is 0 Å². The molecule has 1 aromatic carbocycles. The Bertz CT molecular complexity index is 520. The fraction of sp³-hybridized carbons (Fsp3) is 0.385. The van der Waals surface area contributed by atoms with Gasteiger partial charge in [-0.1, -0.05) is 35.3 Å². The topological polar surface area (TPSA) is 61.4 Å². The van der Waals surface area contributed by atoms with Crippen LogP contribution in [-0.4, -0.2) is 36.5 Å². The molecule has 2 N–H and O–H groups in total. The highest BCUT2D eigenvalue weighted by atomic mass is 35.5. The monoisotopic (exact) mass is 315 g/mol. The Hall–Kier alpha value is -1.30. The lowest BCUT2D eigenvalue weighted by atomic mass is 10.1. The largest absolute Gasteiger partial charge is 0.329 e. The summed E-state index contributed by atoms with van der Waals surface area (Å²) in [6.45, 7) is 2.84. The van der Waals surface area contributed by atoms with Crippen LogP contribution in [0.5, 0.6) is 0 Å². The van der Waals surface area contributed by atoms with E-state index in [1.54, 1.807) is 6.07 Å². The summed E-state index contributed by atoms with van der Waals surface area (Å²) >= 11 is 12.1. The number of benzene rings is 1. The first-order chi connectivity index (χ1) is 9.50. The first-order valence-electron chi connectivity index (χ1n) is 6.26. The summed E-state index contributed by atoms with van der Waals surface area (Å²) in [5, 5.41) is 6.72. The SMILES string of the molecule is CC(NCCN1C(=O)CNC1=O)c1cccc(Cl)c1Cl. The van der Waals surface area contributed by atoms with Gasteiger partial charge in [-0.05, 0) is 18.6 Å². The summed E-state index contributed by atoms with van der Waals surface area (Å²) in [6.07, 6.45) is 0. The standard InChI is InChI=1S/C13H15Cl2N3O2/c1-8(9-3-2-4-10(14)12(9)15)16-5-6-18-11(19)7-17-13(18)20/h2-4,8,16H,5-7H2,1H3,(H,17,20). The quantitative estimate of drug-likeness (QED) is 0.819. The Morgan fingerprint density at radius 3 is 2.80 bits per heavy atom. The first-order valence-corrected chi connectivity index (χ1v) is 7.01. The molecule has 5 nitrogen and oxygen atoms in total. The molecule has 1 unspecified atom stereocenters. The Morgan fingerprint density at radius 2 is 2.15 bits per heavy atom. The zero-order valence-electron chi connectivity index (χ0n) is 11.0. The molecule has 3 amide bonds. The van der Waals surface area contributed by atoms with Gasteiger partial charge in [0.1, 0.15) is 0 Å². The Kier molecular flexibility index (Phi) is 4.86. The van der Waals surface area contributed by atoms with Gasteiger partial charge in [-0.3, -0.25) is 9.69 Å². The maximum Gasteiger partial charge on any atom is 0.324 e. The van der Waals surface area contributed by atoms with E-state index in [-0.39, 0.29) is 24.5 Å². The second-order valence-electron chi connectivity index (χ2n) is 4.52. The maximum atomic E-state index is 11.4. The zero-order valence-corrected chi connectivity index (χ0v) is 12.5. The number of hydrogen-bond donors (Lipinski definition) is 2. The molecule has 0 bridgehead atoms. The van der Waals surface area contributed by atoms with Crippen molar-refractivity contribution in [2.45, 2.75) is 13.0 Å². The molecule has 1 heterocycles. The van der Waals surface area contributed by atoms with Gasteiger partial charge in [-0.15, -0.1) is 0 Å². The van der Waals surface area contributed by atoms with E-state index in [9.17, 15) is 9.59 Å². The molecule has 0 aliphatic carbocycles. The number of urea groups is 1. The van der Waals surface area contributed by atoms with Crippen LogP contribution >= 0.6 is 23.2 Å². The summed E-state index contributed by atoms with van der Waals surface area (Å²) in [7, 11) is 0. The van der Waals surface area contributed by atoms with Crippen molar-refractivity contribution >= 4 is 35.1 Å². The van der Waals surface area contributed by atoms with Gasteiger partial charge in [0.15, 0.2) is 0 Å². The summed E-state index contributed by atoms with van der Waals surface area (Å²) in [4.78, 5) is 24.0. The maximum absolute atomic E-state index is 11.4. The van der Waals surface area contributed by atoms with E-state index in [4.69, 9.17) is 23.2 Å². The van der Waals surface area contributed by atoms with E-state index in [0.29, 0.717) is 23.1 Å². The van der Waals surface area contributed by atoms with Crippen LogP contribution in [0.3, 0.4) is 0 Å². The average molecular weight is 316 g/mol. The van der Waals surface area contributed by atoms with Crippen molar-refractivity contribution in [3.05, 3.63) is 33.8 Å². The molecule has 0 spiro atoms. The summed E-state index contributed by atoms with van der Waals surface area (Å²) in [6, 6.07) is 5.08. The van der Waals surface area contributed by atoms with E-state index in [2.05, 4.69) is 10.6 Å². The molecule has 1 fully saturated rings. The van der Waals surface area contributed by atoms with Gasteiger partial charge in [-0.2, -0.15) is 0 Å². The Balaban J connectivity index is 1.89. The van der Waals surface area contributed by atoms with Crippen LogP contribution in [0.1, 0.15) is 18.5 Å². The molecular formula is C13H15Cl2N3O2. The average Bonchev–Trinajstić information content (AvgIpc) is 2.73. The number of carbonyl (C=O) groups is 2. The van der Waals surface area contributed by atoms with Crippen molar-refractivity contribution in [2.24, 2.45) is 0 Å². The van der Waals surface area contributed by atoms with Crippen LogP contribution in [0.2, 0.25) is 10.0 Å². The number of nitrogens with one attached hydrogen (secondary N) is 2. The Labute approximate surface area is 127 Å². The number of halogens is 2. The summed E-state index contributed by atoms with van der Waals surface area (Å²) < 4.78 is 0. The highest BCUT2D eigenvalue weighted by Gasteiger charge is 2.27. The smallest absolute Gasteiger partial charge is 0.324 e. The van der Waals surface area contributed by atoms with Crippen molar-refractivity contribution in [2.75, 3.05) is 19.6 Å². The van der Waals surface area contributed by atoms with Gasteiger partial charge >= 0.3 is 6.03 Å². The second kappa shape index (κ2) is 6.43. The molecule has 1 aliphatic rings. The van der Waals surface area contributed by atoms with Crippen LogP contribution in [0.25, 0.3) is 0 Å². The van der Waals surface area contributed by atoms with Crippen molar-refractivity contribution in [3.63, 3.8) is 0 Å². The van der Waals surface area contributed by atoms with E-state index >= 15 is 0 Å². The number of carbonyl (C=O) groups excluding carboxylic acids is 2. The van der Waals surface area contributed by atoms with E-state index in [1.807, 2.05) is 19.1 Å². The predicted octanol–water partition coefficient (Wildman–Crippen LogP) is 2.20. The van der Waals surface area contributed by atoms with E-state index in [1.165, 1.54) is 4.90 Å². The van der Waals surface area contributed by atoms with Crippen LogP contribution < -0.4 is 10.6 Å². The highest BCUT2D eigenvalue weighted by molar-refractivity contribution is 6.42. The van der Waals surface area contributed by atoms with Crippen molar-refractivity contribution in [3.8, 4) is 0 Å². The van der Waals surface area contributed by atoms with Gasteiger partial charge in [0, 0.05) is 19.1 Å². The van der Waals surface area contributed by atoms with Gasteiger partial charge in [-0.25, -0.2) is 4.79 Å². The summed E-state index contributed by atoms with van der Waals surface area (Å²) in [5.74, 6) is -0.203. The van der Waals surface area contributed by atoms with Crippen LogP contribution in [0.15, 0.2) is 18.2 Å². The highest BCUT2D eigenvalue weighted by Crippen LogP contribution is 2.29. The van der Waals surface area contributed by atoms with Crippen LogP contribution in [-0.2, 0) is 4.79 Å². The van der Waals surface area contributed by atoms with Gasteiger partial charge in [0.2, 0.25) is 5.91 Å². The lowest BCUT2D eigenvalue weighted by molar-refractivity contribution is -0.124. The number of imide groups is 1. The fourth-order valence-electron chi connectivity index (χ4n) is 2.04. The lowest BCUT2D eigenvalue weighted by Gasteiger charge is -2.18. The molecule has 0 radical (unpaired) electrons. The van der Waals surface area contributed by atoms with Crippen molar-refractivity contribution < 1.29 is 9.59 Å². The number of amides is 3. The lowest BCUT2D eigenvalue weighted by Crippen LogP contribution is -2.37. The minimum atomic E-state index is -0.342. The van der Waals surface area contributed by atoms with E-state index in [0.717, 1.165) is 5.56 Å². The molecule has 7 heteroatoms. The molecule has 20 heavy (non-hydrogen) atoms. The summed E-state index contributed by atoms with van der Waals surface area (Å²) in [5.41, 5.74) is 0.886. The third-order valence-electron chi connectivity index (χ3n) is 3.17. The normalized spacial score (nSPS) is 16.4. The number of nitrogens with zero attached hydrogens (tertiary/aromatic N) is 1. The molecular weight excluding hydrogens is 301 g/mol. The minimum Gasteiger partial charge on any atom is -0.329 e. The molecule has 0 aromatic heterocycles. The third kappa shape index (κ3) is 3.23. The molecule has 1 saturated heterocycles. The zero-order chi connectivity index (χ0) is 14.7. The second-order valence-corrected chi connectivity index (χ2v) is 5.31. The number of rotatable bonds is 5. The predicted molar refractivity (Wildman–Crippen MR) is 78.0 cm³/mol. The molecule has 1 atom stereocenters.